The average molecular weight is 407 g/mol. The van der Waals surface area contributed by atoms with Crippen LogP contribution in [0.3, 0.4) is 0 Å². The molecule has 0 bridgehead atoms. The summed E-state index contributed by atoms with van der Waals surface area (Å²) in [6.45, 7) is 3.11. The molecule has 0 fully saturated rings. The van der Waals surface area contributed by atoms with Gasteiger partial charge in [-0.1, -0.05) is 6.92 Å². The number of nitrogens with one attached hydrogen (secondary N) is 2. The van der Waals surface area contributed by atoms with Crippen LogP contribution in [0.5, 0.6) is 0 Å². The van der Waals surface area contributed by atoms with Crippen molar-refractivity contribution < 1.29 is 9.18 Å². The van der Waals surface area contributed by atoms with Crippen molar-refractivity contribution in [3.05, 3.63) is 26.3 Å². The molecular formula is C13H15FIN3OS. The van der Waals surface area contributed by atoms with Crippen LogP contribution in [0.2, 0.25) is 0 Å². The first kappa shape index (κ1) is 15.4. The minimum Gasteiger partial charge on any atom is -0.356 e. The zero-order chi connectivity index (χ0) is 14.7. The first-order chi connectivity index (χ1) is 9.52. The number of benzene rings is 1. The summed E-state index contributed by atoms with van der Waals surface area (Å²) in [5, 5.41) is 2.81. The molecular weight excluding hydrogens is 392 g/mol. The van der Waals surface area contributed by atoms with Crippen LogP contribution in [0.4, 0.5) is 4.39 Å². The van der Waals surface area contributed by atoms with Crippen molar-refractivity contribution in [3.8, 4) is 0 Å². The number of carbonyl (C=O) groups excluding carboxylic acids is 1. The summed E-state index contributed by atoms with van der Waals surface area (Å²) in [5.41, 5.74) is 1.48. The highest BCUT2D eigenvalue weighted by Gasteiger charge is 2.10. The Morgan fingerprint density at radius 2 is 2.30 bits per heavy atom. The molecule has 0 spiro atoms. The van der Waals surface area contributed by atoms with Gasteiger partial charge in [0.1, 0.15) is 5.82 Å². The Hall–Kier alpha value is -0.960. The maximum Gasteiger partial charge on any atom is 0.221 e. The van der Waals surface area contributed by atoms with E-state index in [0.717, 1.165) is 11.9 Å². The van der Waals surface area contributed by atoms with E-state index in [-0.39, 0.29) is 11.7 Å². The molecule has 7 heteroatoms. The summed E-state index contributed by atoms with van der Waals surface area (Å²) in [4.78, 5) is 14.7. The van der Waals surface area contributed by atoms with Crippen molar-refractivity contribution in [1.82, 2.24) is 14.9 Å². The van der Waals surface area contributed by atoms with Crippen LogP contribution in [0.25, 0.3) is 11.0 Å². The highest BCUT2D eigenvalue weighted by molar-refractivity contribution is 14.1. The fraction of sp³-hybridized carbons (Fsp3) is 0.385. The largest absolute Gasteiger partial charge is 0.356 e. The van der Waals surface area contributed by atoms with Crippen molar-refractivity contribution in [3.63, 3.8) is 0 Å². The number of aryl methyl sites for hydroxylation is 1. The van der Waals surface area contributed by atoms with E-state index >= 15 is 0 Å². The molecule has 1 aromatic heterocycles. The summed E-state index contributed by atoms with van der Waals surface area (Å²) >= 11 is 7.17. The smallest absolute Gasteiger partial charge is 0.221 e. The number of aromatic nitrogens is 2. The quantitative estimate of drug-likeness (QED) is 0.590. The zero-order valence-electron chi connectivity index (χ0n) is 11.0. The van der Waals surface area contributed by atoms with Gasteiger partial charge >= 0.3 is 0 Å². The molecule has 0 unspecified atom stereocenters. The maximum absolute atomic E-state index is 13.7. The fourth-order valence-electron chi connectivity index (χ4n) is 1.94. The molecule has 1 amide bonds. The zero-order valence-corrected chi connectivity index (χ0v) is 14.0. The molecule has 2 aromatic rings. The van der Waals surface area contributed by atoms with Gasteiger partial charge in [-0.2, -0.15) is 0 Å². The molecule has 0 aliphatic heterocycles. The van der Waals surface area contributed by atoms with Crippen LogP contribution in [-0.4, -0.2) is 22.0 Å². The van der Waals surface area contributed by atoms with Gasteiger partial charge in [0.05, 0.1) is 14.6 Å². The predicted molar refractivity (Wildman–Crippen MR) is 87.7 cm³/mol. The van der Waals surface area contributed by atoms with Gasteiger partial charge < -0.3 is 14.9 Å². The van der Waals surface area contributed by atoms with E-state index in [1.165, 1.54) is 6.07 Å². The Morgan fingerprint density at radius 1 is 1.55 bits per heavy atom. The number of fused-ring (bicyclic) bond motifs is 1. The highest BCUT2D eigenvalue weighted by Crippen LogP contribution is 2.20. The van der Waals surface area contributed by atoms with E-state index in [1.54, 1.807) is 10.6 Å². The highest BCUT2D eigenvalue weighted by atomic mass is 127. The third-order valence-electron chi connectivity index (χ3n) is 2.95. The Morgan fingerprint density at radius 3 is 3.00 bits per heavy atom. The summed E-state index contributed by atoms with van der Waals surface area (Å²) in [5.74, 6) is -0.301. The van der Waals surface area contributed by atoms with Crippen molar-refractivity contribution in [2.24, 2.45) is 0 Å². The summed E-state index contributed by atoms with van der Waals surface area (Å²) in [6.07, 6.45) is 1.23. The molecule has 108 valence electrons. The monoisotopic (exact) mass is 407 g/mol. The summed E-state index contributed by atoms with van der Waals surface area (Å²) in [7, 11) is 0. The number of aromatic amines is 1. The van der Waals surface area contributed by atoms with Crippen LogP contribution in [0, 0.1) is 14.2 Å². The molecule has 20 heavy (non-hydrogen) atoms. The Bertz CT molecular complexity index is 695. The molecule has 0 radical (unpaired) electrons. The normalized spacial score (nSPS) is 10.9. The Labute approximate surface area is 134 Å². The first-order valence-corrected chi connectivity index (χ1v) is 7.86. The lowest BCUT2D eigenvalue weighted by Gasteiger charge is -2.06. The Kier molecular flexibility index (Phi) is 5.14. The SMILES string of the molecule is CCCNC(=O)CCn1c(=S)[nH]c2cc(I)c(F)cc21. The molecule has 0 aliphatic rings. The number of imidazole rings is 1. The number of rotatable bonds is 5. The molecule has 2 N–H and O–H groups in total. The molecule has 0 atom stereocenters. The molecule has 4 nitrogen and oxygen atoms in total. The maximum atomic E-state index is 13.7. The molecule has 1 aromatic carbocycles. The lowest BCUT2D eigenvalue weighted by Crippen LogP contribution is -2.25. The molecule has 2 rings (SSSR count). The second-order valence-corrected chi connectivity index (χ2v) is 6.01. The molecule has 0 aliphatic carbocycles. The molecule has 0 saturated carbocycles. The lowest BCUT2D eigenvalue weighted by molar-refractivity contribution is -0.121. The third-order valence-corrected chi connectivity index (χ3v) is 4.10. The number of nitrogens with zero attached hydrogens (tertiary/aromatic N) is 1. The van der Waals surface area contributed by atoms with Gasteiger partial charge in [0.25, 0.3) is 0 Å². The number of hydrogen-bond donors (Lipinski definition) is 2. The number of amides is 1. The van der Waals surface area contributed by atoms with Crippen LogP contribution in [0.15, 0.2) is 12.1 Å². The number of halogens is 2. The summed E-state index contributed by atoms with van der Waals surface area (Å²) in [6, 6.07) is 3.17. The minimum atomic E-state index is -0.281. The van der Waals surface area contributed by atoms with E-state index in [9.17, 15) is 9.18 Å². The van der Waals surface area contributed by atoms with Crippen molar-refractivity contribution in [2.45, 2.75) is 26.3 Å². The molecule has 0 saturated heterocycles. The number of H-pyrrole nitrogens is 1. The van der Waals surface area contributed by atoms with Crippen LogP contribution < -0.4 is 5.32 Å². The second kappa shape index (κ2) is 6.66. The van der Waals surface area contributed by atoms with E-state index in [2.05, 4.69) is 10.3 Å². The van der Waals surface area contributed by atoms with Gasteiger partial charge in [-0.05, 0) is 47.3 Å². The average Bonchev–Trinajstić information content (AvgIpc) is 2.70. The van der Waals surface area contributed by atoms with Crippen molar-refractivity contribution >= 4 is 51.7 Å². The van der Waals surface area contributed by atoms with Gasteiger partial charge in [0, 0.05) is 25.6 Å². The summed E-state index contributed by atoms with van der Waals surface area (Å²) < 4.78 is 16.5. The van der Waals surface area contributed by atoms with Crippen LogP contribution in [-0.2, 0) is 11.3 Å². The van der Waals surface area contributed by atoms with Gasteiger partial charge in [-0.15, -0.1) is 0 Å². The van der Waals surface area contributed by atoms with E-state index in [4.69, 9.17) is 12.2 Å². The van der Waals surface area contributed by atoms with E-state index in [1.807, 2.05) is 29.5 Å². The molecule has 1 heterocycles. The standard InChI is InChI=1S/C13H15FIN3OS/c1-2-4-16-12(19)3-5-18-11-6-8(14)9(15)7-10(11)17-13(18)20/h6-7H,2-5H2,1H3,(H,16,19)(H,17,20). The van der Waals surface area contributed by atoms with Gasteiger partial charge in [0.2, 0.25) is 5.91 Å². The van der Waals surface area contributed by atoms with Crippen LogP contribution >= 0.6 is 34.8 Å². The van der Waals surface area contributed by atoms with E-state index < -0.39 is 0 Å². The lowest BCUT2D eigenvalue weighted by atomic mass is 10.3. The minimum absolute atomic E-state index is 0.0194. The topological polar surface area (TPSA) is 49.8 Å². The van der Waals surface area contributed by atoms with Crippen molar-refractivity contribution in [2.75, 3.05) is 6.54 Å². The number of carbonyl (C=O) groups is 1. The van der Waals surface area contributed by atoms with Crippen LogP contribution in [0.1, 0.15) is 19.8 Å². The van der Waals surface area contributed by atoms with Gasteiger partial charge in [-0.3, -0.25) is 4.79 Å². The van der Waals surface area contributed by atoms with Gasteiger partial charge in [0.15, 0.2) is 4.77 Å². The first-order valence-electron chi connectivity index (χ1n) is 6.37. The van der Waals surface area contributed by atoms with Crippen molar-refractivity contribution in [1.29, 1.82) is 0 Å². The predicted octanol–water partition coefficient (Wildman–Crippen LogP) is 3.36. The Balaban J connectivity index is 2.22. The second-order valence-electron chi connectivity index (χ2n) is 4.47. The van der Waals surface area contributed by atoms with E-state index in [0.29, 0.717) is 33.4 Å². The number of hydrogen-bond acceptors (Lipinski definition) is 2. The fourth-order valence-corrected chi connectivity index (χ4v) is 2.71. The third kappa shape index (κ3) is 3.38. The van der Waals surface area contributed by atoms with Gasteiger partial charge in [-0.25, -0.2) is 4.39 Å².